The Balaban J connectivity index is 2.70. The number of amides is 1. The second-order valence-electron chi connectivity index (χ2n) is 2.73. The van der Waals surface area contributed by atoms with Crippen LogP contribution in [0.2, 0.25) is 0 Å². The highest BCUT2D eigenvalue weighted by molar-refractivity contribution is 5.73. The van der Waals surface area contributed by atoms with Gasteiger partial charge in [0.2, 0.25) is 5.91 Å². The number of aromatic nitrogens is 2. The normalized spacial score (nSPS) is 12.8. The molecular formula is C7H12N4O. The molecule has 0 fully saturated rings. The Kier molecular flexibility index (Phi) is 2.44. The van der Waals surface area contributed by atoms with E-state index in [1.165, 1.54) is 4.68 Å². The number of hydrogen-bond acceptors (Lipinski definition) is 3. The third kappa shape index (κ3) is 2.06. The van der Waals surface area contributed by atoms with Gasteiger partial charge in [-0.3, -0.25) is 9.48 Å². The van der Waals surface area contributed by atoms with Gasteiger partial charge in [0.15, 0.2) is 0 Å². The first kappa shape index (κ1) is 8.73. The molecule has 0 spiro atoms. The van der Waals surface area contributed by atoms with Gasteiger partial charge >= 0.3 is 0 Å². The van der Waals surface area contributed by atoms with Crippen LogP contribution in [0.15, 0.2) is 12.4 Å². The van der Waals surface area contributed by atoms with E-state index in [1.54, 1.807) is 12.4 Å². The number of carbonyl (C=O) groups is 1. The van der Waals surface area contributed by atoms with Gasteiger partial charge in [0, 0.05) is 17.8 Å². The highest BCUT2D eigenvalue weighted by Crippen LogP contribution is 2.06. The Morgan fingerprint density at radius 3 is 2.92 bits per heavy atom. The molecule has 0 aliphatic heterocycles. The van der Waals surface area contributed by atoms with Crippen LogP contribution in [-0.2, 0) is 11.3 Å². The fourth-order valence-electron chi connectivity index (χ4n) is 0.861. The lowest BCUT2D eigenvalue weighted by atomic mass is 10.2. The van der Waals surface area contributed by atoms with Gasteiger partial charge in [0.1, 0.15) is 6.54 Å². The van der Waals surface area contributed by atoms with E-state index in [4.69, 9.17) is 11.5 Å². The Hall–Kier alpha value is -1.36. The van der Waals surface area contributed by atoms with Gasteiger partial charge in [-0.25, -0.2) is 0 Å². The van der Waals surface area contributed by atoms with Crippen molar-refractivity contribution in [2.24, 2.45) is 11.5 Å². The summed E-state index contributed by atoms with van der Waals surface area (Å²) in [5.74, 6) is -0.408. The highest BCUT2D eigenvalue weighted by Gasteiger charge is 2.03. The molecule has 1 aromatic heterocycles. The molecule has 0 saturated heterocycles. The van der Waals surface area contributed by atoms with Gasteiger partial charge in [0.25, 0.3) is 0 Å². The third-order valence-electron chi connectivity index (χ3n) is 1.50. The molecule has 4 N–H and O–H groups in total. The zero-order chi connectivity index (χ0) is 9.14. The van der Waals surface area contributed by atoms with Crippen LogP contribution in [0.5, 0.6) is 0 Å². The highest BCUT2D eigenvalue weighted by atomic mass is 16.1. The van der Waals surface area contributed by atoms with Gasteiger partial charge in [-0.2, -0.15) is 5.10 Å². The summed E-state index contributed by atoms with van der Waals surface area (Å²) in [6.07, 6.45) is 3.35. The first-order valence-corrected chi connectivity index (χ1v) is 3.66. The topological polar surface area (TPSA) is 86.9 Å². The van der Waals surface area contributed by atoms with Crippen molar-refractivity contribution in [1.29, 1.82) is 0 Å². The number of rotatable bonds is 3. The van der Waals surface area contributed by atoms with Crippen molar-refractivity contribution in [2.45, 2.75) is 19.5 Å². The molecule has 12 heavy (non-hydrogen) atoms. The molecule has 1 aromatic rings. The summed E-state index contributed by atoms with van der Waals surface area (Å²) < 4.78 is 1.47. The van der Waals surface area contributed by atoms with Crippen molar-refractivity contribution in [3.63, 3.8) is 0 Å². The minimum atomic E-state index is -0.408. The van der Waals surface area contributed by atoms with Gasteiger partial charge in [-0.1, -0.05) is 0 Å². The first-order chi connectivity index (χ1) is 5.59. The smallest absolute Gasteiger partial charge is 0.239 e. The summed E-state index contributed by atoms with van der Waals surface area (Å²) in [5, 5.41) is 3.91. The van der Waals surface area contributed by atoms with Crippen molar-refractivity contribution in [3.8, 4) is 0 Å². The molecule has 1 amide bonds. The molecule has 0 unspecified atom stereocenters. The molecule has 1 rings (SSSR count). The Bertz CT molecular complexity index is 279. The summed E-state index contributed by atoms with van der Waals surface area (Å²) in [4.78, 5) is 10.5. The molecule has 0 aromatic carbocycles. The van der Waals surface area contributed by atoms with E-state index in [2.05, 4.69) is 5.10 Å². The van der Waals surface area contributed by atoms with E-state index in [-0.39, 0.29) is 12.6 Å². The number of carbonyl (C=O) groups excluding carboxylic acids is 1. The van der Waals surface area contributed by atoms with Crippen LogP contribution in [0.1, 0.15) is 18.5 Å². The van der Waals surface area contributed by atoms with Gasteiger partial charge in [-0.15, -0.1) is 0 Å². The number of primary amides is 1. The number of nitrogens with zero attached hydrogens (tertiary/aromatic N) is 2. The predicted octanol–water partition coefficient (Wildman–Crippen LogP) is -0.612. The largest absolute Gasteiger partial charge is 0.368 e. The first-order valence-electron chi connectivity index (χ1n) is 3.66. The molecule has 66 valence electrons. The zero-order valence-corrected chi connectivity index (χ0v) is 6.90. The monoisotopic (exact) mass is 168 g/mol. The second-order valence-corrected chi connectivity index (χ2v) is 2.73. The average Bonchev–Trinajstić information content (AvgIpc) is 2.34. The van der Waals surface area contributed by atoms with Crippen LogP contribution in [0.4, 0.5) is 0 Å². The zero-order valence-electron chi connectivity index (χ0n) is 6.90. The lowest BCUT2D eigenvalue weighted by Crippen LogP contribution is -2.18. The predicted molar refractivity (Wildman–Crippen MR) is 44.0 cm³/mol. The van der Waals surface area contributed by atoms with Crippen molar-refractivity contribution in [1.82, 2.24) is 9.78 Å². The minimum Gasteiger partial charge on any atom is -0.368 e. The molecular weight excluding hydrogens is 156 g/mol. The summed E-state index contributed by atoms with van der Waals surface area (Å²) >= 11 is 0. The molecule has 0 saturated carbocycles. The Morgan fingerprint density at radius 1 is 1.83 bits per heavy atom. The SMILES string of the molecule is C[C@H](N)c1cnn(CC(N)=O)c1. The fraction of sp³-hybridized carbons (Fsp3) is 0.429. The molecule has 0 aliphatic rings. The molecule has 1 atom stereocenters. The average molecular weight is 168 g/mol. The summed E-state index contributed by atoms with van der Waals surface area (Å²) in [6.45, 7) is 1.96. The Labute approximate surface area is 70.3 Å². The van der Waals surface area contributed by atoms with Gasteiger partial charge < -0.3 is 11.5 Å². The fourth-order valence-corrected chi connectivity index (χ4v) is 0.861. The standard InChI is InChI=1S/C7H12N4O/c1-5(8)6-2-10-11(3-6)4-7(9)12/h2-3,5H,4,8H2,1H3,(H2,9,12)/t5-/m0/s1. The molecule has 1 heterocycles. The lowest BCUT2D eigenvalue weighted by Gasteiger charge is -1.98. The summed E-state index contributed by atoms with van der Waals surface area (Å²) in [6, 6.07) is -0.0633. The molecule has 5 heteroatoms. The molecule has 0 bridgehead atoms. The van der Waals surface area contributed by atoms with Crippen molar-refractivity contribution < 1.29 is 4.79 Å². The van der Waals surface area contributed by atoms with Crippen molar-refractivity contribution in [2.75, 3.05) is 0 Å². The van der Waals surface area contributed by atoms with Crippen LogP contribution in [0.3, 0.4) is 0 Å². The summed E-state index contributed by atoms with van der Waals surface area (Å²) in [7, 11) is 0. The minimum absolute atomic E-state index is 0.0633. The van der Waals surface area contributed by atoms with E-state index in [9.17, 15) is 4.79 Å². The van der Waals surface area contributed by atoms with Crippen LogP contribution in [-0.4, -0.2) is 15.7 Å². The van der Waals surface area contributed by atoms with Crippen LogP contribution >= 0.6 is 0 Å². The molecule has 5 nitrogen and oxygen atoms in total. The molecule has 0 radical (unpaired) electrons. The second kappa shape index (κ2) is 3.36. The van der Waals surface area contributed by atoms with E-state index < -0.39 is 5.91 Å². The van der Waals surface area contributed by atoms with Crippen molar-refractivity contribution >= 4 is 5.91 Å². The van der Waals surface area contributed by atoms with Gasteiger partial charge in [0.05, 0.1) is 6.20 Å². The number of nitrogens with two attached hydrogens (primary N) is 2. The molecule has 0 aliphatic carbocycles. The van der Waals surface area contributed by atoms with Crippen LogP contribution in [0.25, 0.3) is 0 Å². The maximum atomic E-state index is 10.5. The van der Waals surface area contributed by atoms with E-state index >= 15 is 0 Å². The van der Waals surface area contributed by atoms with Crippen molar-refractivity contribution in [3.05, 3.63) is 18.0 Å². The van der Waals surface area contributed by atoms with E-state index in [0.29, 0.717) is 0 Å². The van der Waals surface area contributed by atoms with Crippen LogP contribution < -0.4 is 11.5 Å². The van der Waals surface area contributed by atoms with Gasteiger partial charge in [-0.05, 0) is 6.92 Å². The summed E-state index contributed by atoms with van der Waals surface area (Å²) in [5.41, 5.74) is 11.5. The maximum absolute atomic E-state index is 10.5. The third-order valence-corrected chi connectivity index (χ3v) is 1.50. The Morgan fingerprint density at radius 2 is 2.50 bits per heavy atom. The van der Waals surface area contributed by atoms with Crippen LogP contribution in [0, 0.1) is 0 Å². The van der Waals surface area contributed by atoms with E-state index in [0.717, 1.165) is 5.56 Å². The number of hydrogen-bond donors (Lipinski definition) is 2. The lowest BCUT2D eigenvalue weighted by molar-refractivity contribution is -0.118. The maximum Gasteiger partial charge on any atom is 0.239 e. The quantitative estimate of drug-likeness (QED) is 0.631. The van der Waals surface area contributed by atoms with E-state index in [1.807, 2.05) is 6.92 Å².